The number of amides is 1. The van der Waals surface area contributed by atoms with E-state index in [0.29, 0.717) is 37.6 Å². The van der Waals surface area contributed by atoms with Gasteiger partial charge in [-0.2, -0.15) is 0 Å². The first-order valence-corrected chi connectivity index (χ1v) is 10.3. The number of H-pyrrole nitrogens is 1. The summed E-state index contributed by atoms with van der Waals surface area (Å²) in [6.07, 6.45) is 5.41. The van der Waals surface area contributed by atoms with Gasteiger partial charge in [-0.05, 0) is 38.5 Å². The van der Waals surface area contributed by atoms with Crippen molar-refractivity contribution in [3.8, 4) is 0 Å². The Balaban J connectivity index is 1.60. The van der Waals surface area contributed by atoms with E-state index in [2.05, 4.69) is 16.9 Å². The van der Waals surface area contributed by atoms with Gasteiger partial charge < -0.3 is 14.5 Å². The van der Waals surface area contributed by atoms with Gasteiger partial charge in [0.1, 0.15) is 0 Å². The van der Waals surface area contributed by atoms with Gasteiger partial charge in [0.15, 0.2) is 0 Å². The molecule has 3 heterocycles. The number of ether oxygens (including phenoxy) is 1. The number of aromatic nitrogens is 2. The fourth-order valence-electron chi connectivity index (χ4n) is 4.03. The number of hydrogen-bond donors (Lipinski definition) is 1. The highest BCUT2D eigenvalue weighted by atomic mass is 16.5. The number of hydrogen-bond acceptors (Lipinski definition) is 5. The Morgan fingerprint density at radius 3 is 2.70 bits per heavy atom. The lowest BCUT2D eigenvalue weighted by atomic mass is 9.98. The van der Waals surface area contributed by atoms with E-state index in [0.717, 1.165) is 50.6 Å². The van der Waals surface area contributed by atoms with E-state index >= 15 is 0 Å². The summed E-state index contributed by atoms with van der Waals surface area (Å²) >= 11 is 0. The molecule has 0 aliphatic carbocycles. The zero-order valence-corrected chi connectivity index (χ0v) is 16.6. The van der Waals surface area contributed by atoms with Crippen LogP contribution in [-0.2, 0) is 16.0 Å². The van der Waals surface area contributed by atoms with Gasteiger partial charge in [0.25, 0.3) is 5.56 Å². The number of likely N-dealkylation sites (tertiary alicyclic amines) is 1. The van der Waals surface area contributed by atoms with Crippen LogP contribution in [0.25, 0.3) is 0 Å². The molecule has 2 fully saturated rings. The molecular formula is C20H32N4O3. The fourth-order valence-corrected chi connectivity index (χ4v) is 4.03. The normalized spacial score (nSPS) is 21.2. The van der Waals surface area contributed by atoms with Crippen molar-refractivity contribution >= 4 is 11.9 Å². The second-order valence-corrected chi connectivity index (χ2v) is 7.64. The lowest BCUT2D eigenvalue weighted by molar-refractivity contribution is -0.131. The van der Waals surface area contributed by atoms with E-state index in [1.807, 2.05) is 16.7 Å². The topological polar surface area (TPSA) is 78.5 Å². The molecule has 1 amide bonds. The predicted octanol–water partition coefficient (Wildman–Crippen LogP) is 1.89. The second kappa shape index (κ2) is 9.35. The zero-order valence-electron chi connectivity index (χ0n) is 16.6. The average Bonchev–Trinajstić information content (AvgIpc) is 2.93. The maximum absolute atomic E-state index is 12.6. The van der Waals surface area contributed by atoms with Crippen LogP contribution >= 0.6 is 0 Å². The van der Waals surface area contributed by atoms with Crippen LogP contribution in [0.3, 0.4) is 0 Å². The highest BCUT2D eigenvalue weighted by molar-refractivity contribution is 5.76. The van der Waals surface area contributed by atoms with E-state index in [9.17, 15) is 9.59 Å². The number of carbonyl (C=O) groups is 1. The molecule has 1 N–H and O–H groups in total. The van der Waals surface area contributed by atoms with Crippen LogP contribution in [0.4, 0.5) is 5.95 Å². The summed E-state index contributed by atoms with van der Waals surface area (Å²) in [6.45, 7) is 8.53. The molecule has 0 spiro atoms. The average molecular weight is 377 g/mol. The molecular weight excluding hydrogens is 344 g/mol. The molecule has 7 nitrogen and oxygen atoms in total. The Morgan fingerprint density at radius 2 is 2.00 bits per heavy atom. The number of morpholine rings is 1. The molecule has 2 aliphatic heterocycles. The van der Waals surface area contributed by atoms with Crippen molar-refractivity contribution < 1.29 is 9.53 Å². The summed E-state index contributed by atoms with van der Waals surface area (Å²) in [5, 5.41) is 0. The summed E-state index contributed by atoms with van der Waals surface area (Å²) in [7, 11) is 0. The van der Waals surface area contributed by atoms with Crippen molar-refractivity contribution in [1.29, 1.82) is 0 Å². The molecule has 1 aromatic heterocycles. The molecule has 2 aliphatic rings. The first kappa shape index (κ1) is 19.9. The minimum absolute atomic E-state index is 0.126. The maximum atomic E-state index is 12.6. The van der Waals surface area contributed by atoms with Crippen LogP contribution in [0, 0.1) is 12.8 Å². The number of aromatic amines is 1. The Bertz CT molecular complexity index is 697. The third-order valence-corrected chi connectivity index (χ3v) is 5.89. The second-order valence-electron chi connectivity index (χ2n) is 7.64. The van der Waals surface area contributed by atoms with Crippen LogP contribution in [0.5, 0.6) is 0 Å². The lowest BCUT2D eigenvalue weighted by Gasteiger charge is -2.27. The Labute approximate surface area is 161 Å². The summed E-state index contributed by atoms with van der Waals surface area (Å²) in [5.41, 5.74) is 1.22. The van der Waals surface area contributed by atoms with E-state index in [4.69, 9.17) is 4.74 Å². The first-order chi connectivity index (χ1) is 13.1. The molecule has 0 saturated carbocycles. The number of nitrogens with one attached hydrogen (secondary N) is 1. The Kier molecular flexibility index (Phi) is 6.88. The van der Waals surface area contributed by atoms with E-state index < -0.39 is 0 Å². The summed E-state index contributed by atoms with van der Waals surface area (Å²) < 4.78 is 5.35. The number of aryl methyl sites for hydroxylation is 1. The molecule has 27 heavy (non-hydrogen) atoms. The van der Waals surface area contributed by atoms with Gasteiger partial charge in [-0.15, -0.1) is 0 Å². The minimum Gasteiger partial charge on any atom is -0.378 e. The van der Waals surface area contributed by atoms with Gasteiger partial charge >= 0.3 is 0 Å². The van der Waals surface area contributed by atoms with Crippen molar-refractivity contribution in [2.24, 2.45) is 5.92 Å². The highest BCUT2D eigenvalue weighted by Gasteiger charge is 2.21. The summed E-state index contributed by atoms with van der Waals surface area (Å²) in [6, 6.07) is 0. The van der Waals surface area contributed by atoms with Crippen LogP contribution in [0.15, 0.2) is 4.79 Å². The standard InChI is InChI=1S/C20H32N4O3/c1-3-16-5-4-9-23(10-8-16)18(25)7-6-17-15(2)21-20(22-19(17)26)24-11-13-27-14-12-24/h16H,3-14H2,1-2H3,(H,21,22,26)/t16-/m1/s1. The molecule has 0 unspecified atom stereocenters. The molecule has 150 valence electrons. The number of carbonyl (C=O) groups excluding carboxylic acids is 1. The monoisotopic (exact) mass is 376 g/mol. The van der Waals surface area contributed by atoms with Gasteiger partial charge in [0.05, 0.1) is 13.2 Å². The van der Waals surface area contributed by atoms with Gasteiger partial charge in [-0.3, -0.25) is 14.6 Å². The fraction of sp³-hybridized carbons (Fsp3) is 0.750. The van der Waals surface area contributed by atoms with Crippen LogP contribution in [0.2, 0.25) is 0 Å². The van der Waals surface area contributed by atoms with Crippen LogP contribution < -0.4 is 10.5 Å². The van der Waals surface area contributed by atoms with Gasteiger partial charge in [-0.25, -0.2) is 4.98 Å². The largest absolute Gasteiger partial charge is 0.378 e. The smallest absolute Gasteiger partial charge is 0.255 e. The van der Waals surface area contributed by atoms with Crippen molar-refractivity contribution in [3.05, 3.63) is 21.6 Å². The van der Waals surface area contributed by atoms with Crippen molar-refractivity contribution in [1.82, 2.24) is 14.9 Å². The Hall–Kier alpha value is -1.89. The third kappa shape index (κ3) is 5.09. The molecule has 7 heteroatoms. The molecule has 2 saturated heterocycles. The zero-order chi connectivity index (χ0) is 19.2. The first-order valence-electron chi connectivity index (χ1n) is 10.3. The highest BCUT2D eigenvalue weighted by Crippen LogP contribution is 2.21. The maximum Gasteiger partial charge on any atom is 0.255 e. The van der Waals surface area contributed by atoms with Gasteiger partial charge in [0.2, 0.25) is 11.9 Å². The molecule has 3 rings (SSSR count). The molecule has 0 aromatic carbocycles. The molecule has 1 atom stereocenters. The minimum atomic E-state index is -0.126. The predicted molar refractivity (Wildman–Crippen MR) is 105 cm³/mol. The van der Waals surface area contributed by atoms with Gasteiger partial charge in [0, 0.05) is 43.9 Å². The molecule has 0 bridgehead atoms. The number of rotatable bonds is 5. The van der Waals surface area contributed by atoms with E-state index in [1.165, 1.54) is 12.8 Å². The number of anilines is 1. The van der Waals surface area contributed by atoms with Gasteiger partial charge in [-0.1, -0.05) is 13.3 Å². The SMILES string of the molecule is CC[C@@H]1CCCN(C(=O)CCc2c(C)nc(N3CCOCC3)[nH]c2=O)CC1. The summed E-state index contributed by atoms with van der Waals surface area (Å²) in [4.78, 5) is 36.7. The van der Waals surface area contributed by atoms with Crippen LogP contribution in [-0.4, -0.2) is 60.2 Å². The van der Waals surface area contributed by atoms with Crippen LogP contribution in [0.1, 0.15) is 50.3 Å². The summed E-state index contributed by atoms with van der Waals surface area (Å²) in [5.74, 6) is 1.50. The Morgan fingerprint density at radius 1 is 1.22 bits per heavy atom. The van der Waals surface area contributed by atoms with Crippen molar-refractivity contribution in [3.63, 3.8) is 0 Å². The van der Waals surface area contributed by atoms with Crippen molar-refractivity contribution in [2.75, 3.05) is 44.3 Å². The van der Waals surface area contributed by atoms with E-state index in [1.54, 1.807) is 0 Å². The van der Waals surface area contributed by atoms with E-state index in [-0.39, 0.29) is 11.5 Å². The molecule has 0 radical (unpaired) electrons. The quantitative estimate of drug-likeness (QED) is 0.849. The number of nitrogens with zero attached hydrogens (tertiary/aromatic N) is 3. The van der Waals surface area contributed by atoms with Crippen molar-refractivity contribution in [2.45, 2.75) is 52.4 Å². The molecule has 1 aromatic rings. The lowest BCUT2D eigenvalue weighted by Crippen LogP contribution is -2.39. The third-order valence-electron chi connectivity index (χ3n) is 5.89.